The summed E-state index contributed by atoms with van der Waals surface area (Å²) in [6.45, 7) is 5.50. The summed E-state index contributed by atoms with van der Waals surface area (Å²) in [7, 11) is 0. The lowest BCUT2D eigenvalue weighted by molar-refractivity contribution is 0.122. The molecule has 2 aliphatic heterocycles. The fourth-order valence-electron chi connectivity index (χ4n) is 3.20. The van der Waals surface area contributed by atoms with Crippen LogP contribution in [0.15, 0.2) is 36.4 Å². The number of rotatable bonds is 3. The fraction of sp³-hybridized carbons (Fsp3) is 0.444. The maximum absolute atomic E-state index is 5.47. The van der Waals surface area contributed by atoms with Crippen LogP contribution < -0.4 is 9.80 Å². The van der Waals surface area contributed by atoms with E-state index in [9.17, 15) is 0 Å². The standard InChI is InChI=1S/C18H22N4O/c1-2-6-15(7-3-1)18-19-16(21-8-4-5-9-21)14-17(20-18)22-10-12-23-13-11-22/h1-3,6-7,14H,4-5,8-13H2. The quantitative estimate of drug-likeness (QED) is 0.871. The van der Waals surface area contributed by atoms with E-state index in [4.69, 9.17) is 14.7 Å². The zero-order chi connectivity index (χ0) is 15.5. The summed E-state index contributed by atoms with van der Waals surface area (Å²) in [5.41, 5.74) is 1.07. The highest BCUT2D eigenvalue weighted by molar-refractivity contribution is 5.62. The van der Waals surface area contributed by atoms with Crippen molar-refractivity contribution >= 4 is 11.6 Å². The second kappa shape index (κ2) is 6.54. The van der Waals surface area contributed by atoms with Crippen LogP contribution in [0.4, 0.5) is 11.6 Å². The van der Waals surface area contributed by atoms with Gasteiger partial charge in [0.15, 0.2) is 5.82 Å². The first kappa shape index (κ1) is 14.5. The van der Waals surface area contributed by atoms with E-state index in [-0.39, 0.29) is 0 Å². The Bertz CT molecular complexity index is 649. The lowest BCUT2D eigenvalue weighted by atomic mass is 10.2. The van der Waals surface area contributed by atoms with Gasteiger partial charge in [-0.05, 0) is 12.8 Å². The first-order valence-corrected chi connectivity index (χ1v) is 8.42. The molecule has 0 amide bonds. The van der Waals surface area contributed by atoms with E-state index < -0.39 is 0 Å². The highest BCUT2D eigenvalue weighted by atomic mass is 16.5. The van der Waals surface area contributed by atoms with E-state index in [1.807, 2.05) is 18.2 Å². The number of ether oxygens (including phenoxy) is 1. The number of nitrogens with zero attached hydrogens (tertiary/aromatic N) is 4. The van der Waals surface area contributed by atoms with Crippen LogP contribution in [0.3, 0.4) is 0 Å². The zero-order valence-electron chi connectivity index (χ0n) is 13.3. The van der Waals surface area contributed by atoms with Crippen molar-refractivity contribution in [2.75, 3.05) is 49.2 Å². The van der Waals surface area contributed by atoms with Crippen LogP contribution in [0.25, 0.3) is 11.4 Å². The van der Waals surface area contributed by atoms with Gasteiger partial charge in [-0.25, -0.2) is 9.97 Å². The molecule has 0 unspecified atom stereocenters. The normalized spacial score (nSPS) is 18.4. The summed E-state index contributed by atoms with van der Waals surface area (Å²) in [6.07, 6.45) is 2.50. The van der Waals surface area contributed by atoms with E-state index in [1.54, 1.807) is 0 Å². The van der Waals surface area contributed by atoms with Crippen LogP contribution in [0.1, 0.15) is 12.8 Å². The molecule has 0 saturated carbocycles. The van der Waals surface area contributed by atoms with Crippen molar-refractivity contribution in [2.24, 2.45) is 0 Å². The minimum absolute atomic E-state index is 0.768. The van der Waals surface area contributed by atoms with E-state index >= 15 is 0 Å². The monoisotopic (exact) mass is 310 g/mol. The molecule has 2 saturated heterocycles. The highest BCUT2D eigenvalue weighted by Gasteiger charge is 2.19. The zero-order valence-corrected chi connectivity index (χ0v) is 13.3. The van der Waals surface area contributed by atoms with Crippen LogP contribution in [-0.2, 0) is 4.74 Å². The number of aromatic nitrogens is 2. The van der Waals surface area contributed by atoms with E-state index in [0.717, 1.165) is 62.4 Å². The lowest BCUT2D eigenvalue weighted by Gasteiger charge is -2.29. The first-order valence-electron chi connectivity index (χ1n) is 8.42. The predicted octanol–water partition coefficient (Wildman–Crippen LogP) is 2.58. The van der Waals surface area contributed by atoms with Crippen LogP contribution in [0.5, 0.6) is 0 Å². The third-order valence-corrected chi connectivity index (χ3v) is 4.50. The van der Waals surface area contributed by atoms with Gasteiger partial charge in [-0.1, -0.05) is 30.3 Å². The molecule has 0 radical (unpaired) electrons. The molecule has 2 fully saturated rings. The molecule has 120 valence electrons. The summed E-state index contributed by atoms with van der Waals surface area (Å²) in [4.78, 5) is 14.3. The molecule has 1 aromatic heterocycles. The summed E-state index contributed by atoms with van der Waals surface area (Å²) < 4.78 is 5.47. The molecule has 1 aromatic carbocycles. The molecule has 5 heteroatoms. The largest absolute Gasteiger partial charge is 0.378 e. The highest BCUT2D eigenvalue weighted by Crippen LogP contribution is 2.27. The molecule has 2 aromatic rings. The van der Waals surface area contributed by atoms with Crippen LogP contribution >= 0.6 is 0 Å². The van der Waals surface area contributed by atoms with Gasteiger partial charge in [-0.2, -0.15) is 0 Å². The molecule has 5 nitrogen and oxygen atoms in total. The molecule has 0 N–H and O–H groups in total. The summed E-state index contributed by atoms with van der Waals surface area (Å²) >= 11 is 0. The molecular formula is C18H22N4O. The molecule has 3 heterocycles. The predicted molar refractivity (Wildman–Crippen MR) is 91.9 cm³/mol. The Balaban J connectivity index is 1.73. The van der Waals surface area contributed by atoms with Gasteiger partial charge in [0.1, 0.15) is 11.6 Å². The van der Waals surface area contributed by atoms with Crippen LogP contribution in [-0.4, -0.2) is 49.4 Å². The Hall–Kier alpha value is -2.14. The number of hydrogen-bond donors (Lipinski definition) is 0. The summed E-state index contributed by atoms with van der Waals surface area (Å²) in [5.74, 6) is 2.89. The molecular weight excluding hydrogens is 288 g/mol. The SMILES string of the molecule is c1ccc(-c2nc(N3CCCC3)cc(N3CCOCC3)n2)cc1. The van der Waals surface area contributed by atoms with Crippen molar-refractivity contribution in [3.63, 3.8) is 0 Å². The number of hydrogen-bond acceptors (Lipinski definition) is 5. The summed E-state index contributed by atoms with van der Waals surface area (Å²) in [6, 6.07) is 12.4. The lowest BCUT2D eigenvalue weighted by Crippen LogP contribution is -2.37. The smallest absolute Gasteiger partial charge is 0.163 e. The molecule has 23 heavy (non-hydrogen) atoms. The van der Waals surface area contributed by atoms with Gasteiger partial charge in [0.25, 0.3) is 0 Å². The van der Waals surface area contributed by atoms with Crippen molar-refractivity contribution < 1.29 is 4.74 Å². The van der Waals surface area contributed by atoms with E-state index in [1.165, 1.54) is 12.8 Å². The third-order valence-electron chi connectivity index (χ3n) is 4.50. The Labute approximate surface area is 136 Å². The third kappa shape index (κ3) is 3.15. The first-order chi connectivity index (χ1) is 11.4. The molecule has 0 spiro atoms. The molecule has 2 aliphatic rings. The average Bonchev–Trinajstić information content (AvgIpc) is 3.18. The fourth-order valence-corrected chi connectivity index (χ4v) is 3.20. The molecule has 0 atom stereocenters. The van der Waals surface area contributed by atoms with Crippen molar-refractivity contribution in [1.82, 2.24) is 9.97 Å². The minimum Gasteiger partial charge on any atom is -0.378 e. The van der Waals surface area contributed by atoms with Crippen molar-refractivity contribution in [3.8, 4) is 11.4 Å². The second-order valence-electron chi connectivity index (χ2n) is 6.07. The van der Waals surface area contributed by atoms with Gasteiger partial charge in [-0.3, -0.25) is 0 Å². The summed E-state index contributed by atoms with van der Waals surface area (Å²) in [5, 5.41) is 0. The average molecular weight is 310 g/mol. The van der Waals surface area contributed by atoms with E-state index in [2.05, 4.69) is 28.0 Å². The van der Waals surface area contributed by atoms with Crippen LogP contribution in [0.2, 0.25) is 0 Å². The van der Waals surface area contributed by atoms with Crippen molar-refractivity contribution in [1.29, 1.82) is 0 Å². The minimum atomic E-state index is 0.768. The van der Waals surface area contributed by atoms with Crippen molar-refractivity contribution in [3.05, 3.63) is 36.4 Å². The Morgan fingerprint density at radius 2 is 1.39 bits per heavy atom. The number of morpholine rings is 1. The topological polar surface area (TPSA) is 41.5 Å². The molecule has 0 bridgehead atoms. The van der Waals surface area contributed by atoms with Gasteiger partial charge >= 0.3 is 0 Å². The van der Waals surface area contributed by atoms with Gasteiger partial charge in [0.05, 0.1) is 13.2 Å². The maximum atomic E-state index is 5.47. The van der Waals surface area contributed by atoms with Crippen LogP contribution in [0, 0.1) is 0 Å². The van der Waals surface area contributed by atoms with E-state index in [0.29, 0.717) is 0 Å². The van der Waals surface area contributed by atoms with Gasteiger partial charge < -0.3 is 14.5 Å². The second-order valence-corrected chi connectivity index (χ2v) is 6.07. The Kier molecular flexibility index (Phi) is 4.11. The number of anilines is 2. The van der Waals surface area contributed by atoms with Gasteiger partial charge in [0.2, 0.25) is 0 Å². The Morgan fingerprint density at radius 3 is 2.04 bits per heavy atom. The Morgan fingerprint density at radius 1 is 0.783 bits per heavy atom. The molecule has 4 rings (SSSR count). The van der Waals surface area contributed by atoms with Gasteiger partial charge in [-0.15, -0.1) is 0 Å². The molecule has 0 aliphatic carbocycles. The maximum Gasteiger partial charge on any atom is 0.163 e. The number of benzene rings is 1. The van der Waals surface area contributed by atoms with Crippen molar-refractivity contribution in [2.45, 2.75) is 12.8 Å². The van der Waals surface area contributed by atoms with Gasteiger partial charge in [0, 0.05) is 37.8 Å².